The van der Waals surface area contributed by atoms with Crippen LogP contribution in [0.2, 0.25) is 0 Å². The summed E-state index contributed by atoms with van der Waals surface area (Å²) in [4.78, 5) is 10.5. The first kappa shape index (κ1) is 8.74. The zero-order chi connectivity index (χ0) is 8.97. The summed E-state index contributed by atoms with van der Waals surface area (Å²) in [7, 11) is 1.61. The Bertz CT molecular complexity index is 264. The van der Waals surface area contributed by atoms with Crippen molar-refractivity contribution in [3.63, 3.8) is 0 Å². The number of ether oxygens (including phenoxy) is 1. The van der Waals surface area contributed by atoms with E-state index < -0.39 is 5.97 Å². The Morgan fingerprint density at radius 1 is 1.42 bits per heavy atom. The van der Waals surface area contributed by atoms with Gasteiger partial charge in [0.05, 0.1) is 6.61 Å². The Morgan fingerprint density at radius 3 is 2.42 bits per heavy atom. The van der Waals surface area contributed by atoms with Gasteiger partial charge in [-0.25, -0.2) is 0 Å². The predicted molar refractivity (Wildman–Crippen MR) is 45.1 cm³/mol. The van der Waals surface area contributed by atoms with Gasteiger partial charge in [-0.15, -0.1) is 0 Å². The Balaban J connectivity index is 2.78. The van der Waals surface area contributed by atoms with Gasteiger partial charge in [-0.05, 0) is 17.7 Å². The van der Waals surface area contributed by atoms with Crippen LogP contribution in [0.3, 0.4) is 0 Å². The van der Waals surface area contributed by atoms with Crippen LogP contribution in [0.4, 0.5) is 0 Å². The molecule has 0 saturated carbocycles. The summed E-state index contributed by atoms with van der Waals surface area (Å²) in [6.45, 7) is 0.534. The Kier molecular flexibility index (Phi) is 2.82. The van der Waals surface area contributed by atoms with Crippen LogP contribution in [-0.4, -0.2) is 18.2 Å². The third kappa shape index (κ3) is 2.07. The lowest BCUT2D eigenvalue weighted by atomic mass is 10.1. The highest BCUT2D eigenvalue weighted by atomic mass is 16.5. The molecule has 0 unspecified atom stereocenters. The van der Waals surface area contributed by atoms with Crippen molar-refractivity contribution < 1.29 is 14.6 Å². The average Bonchev–Trinajstić information content (AvgIpc) is 2.06. The number of benzene rings is 1. The number of hydrogen-bond acceptors (Lipinski definition) is 2. The van der Waals surface area contributed by atoms with E-state index in [-0.39, 0.29) is 0 Å². The first-order valence-electron chi connectivity index (χ1n) is 3.58. The van der Waals surface area contributed by atoms with Crippen molar-refractivity contribution in [1.82, 2.24) is 0 Å². The number of hydrogen-bond donors (Lipinski definition) is 0. The van der Waals surface area contributed by atoms with E-state index in [4.69, 9.17) is 9.84 Å². The van der Waals surface area contributed by atoms with E-state index in [0.29, 0.717) is 12.2 Å². The second kappa shape index (κ2) is 3.88. The molecule has 1 aromatic rings. The molecule has 64 valence electrons. The van der Waals surface area contributed by atoms with Crippen LogP contribution in [0.15, 0.2) is 24.3 Å². The molecule has 0 aliphatic rings. The highest BCUT2D eigenvalue weighted by Gasteiger charge is 2.08. The lowest BCUT2D eigenvalue weighted by molar-refractivity contribution is 0.0697. The topological polar surface area (TPSA) is 49.2 Å². The minimum atomic E-state index is -0.654. The molecule has 12 heavy (non-hydrogen) atoms. The van der Waals surface area contributed by atoms with E-state index in [1.165, 1.54) is 0 Å². The van der Waals surface area contributed by atoms with E-state index in [1.807, 2.05) is 0 Å². The van der Waals surface area contributed by atoms with Gasteiger partial charge in [0.1, 0.15) is 5.56 Å². The van der Waals surface area contributed by atoms with Crippen molar-refractivity contribution in [3.8, 4) is 0 Å². The van der Waals surface area contributed by atoms with Gasteiger partial charge in [-0.3, -0.25) is 0 Å². The standard InChI is InChI=1S/C9H10O3/c1-12-6-7-2-4-8(5-3-7)9(10)11/h2-5H,6H2,1H3,(H,10,11)/p+1. The maximum absolute atomic E-state index is 10.5. The van der Waals surface area contributed by atoms with Crippen LogP contribution in [-0.2, 0) is 11.3 Å². The SMILES string of the molecule is COCc1ccc(C(=O)[OH2+])cc1. The molecule has 3 nitrogen and oxygen atoms in total. The summed E-state index contributed by atoms with van der Waals surface area (Å²) in [5.41, 5.74) is 1.41. The third-order valence-corrected chi connectivity index (χ3v) is 1.53. The summed E-state index contributed by atoms with van der Waals surface area (Å²) >= 11 is 0. The minimum absolute atomic E-state index is 0.412. The first-order valence-corrected chi connectivity index (χ1v) is 3.58. The Morgan fingerprint density at radius 2 is 2.00 bits per heavy atom. The van der Waals surface area contributed by atoms with Gasteiger partial charge >= 0.3 is 5.97 Å². The van der Waals surface area contributed by atoms with E-state index in [9.17, 15) is 4.79 Å². The average molecular weight is 167 g/mol. The second-order valence-corrected chi connectivity index (χ2v) is 2.46. The zero-order valence-corrected chi connectivity index (χ0v) is 6.83. The van der Waals surface area contributed by atoms with Crippen LogP contribution in [0.5, 0.6) is 0 Å². The molecule has 0 aliphatic carbocycles. The molecule has 0 atom stereocenters. The smallest absolute Gasteiger partial charge is 0.549 e. The Hall–Kier alpha value is -1.35. The zero-order valence-electron chi connectivity index (χ0n) is 6.83. The molecule has 1 rings (SSSR count). The van der Waals surface area contributed by atoms with Gasteiger partial charge in [0.25, 0.3) is 0 Å². The maximum Gasteiger partial charge on any atom is 0.549 e. The molecule has 0 spiro atoms. The van der Waals surface area contributed by atoms with Crippen molar-refractivity contribution >= 4 is 5.97 Å². The lowest BCUT2D eigenvalue weighted by Crippen LogP contribution is -1.96. The van der Waals surface area contributed by atoms with Crippen LogP contribution in [0.1, 0.15) is 15.9 Å². The van der Waals surface area contributed by atoms with Gasteiger partial charge in [0, 0.05) is 11.9 Å². The van der Waals surface area contributed by atoms with Crippen molar-refractivity contribution in [3.05, 3.63) is 35.4 Å². The maximum atomic E-state index is 10.5. The molecular weight excluding hydrogens is 156 g/mol. The summed E-state index contributed by atoms with van der Waals surface area (Å²) in [5, 5.41) is 6.82. The van der Waals surface area contributed by atoms with Crippen molar-refractivity contribution in [2.75, 3.05) is 7.11 Å². The van der Waals surface area contributed by atoms with Crippen molar-refractivity contribution in [2.45, 2.75) is 6.61 Å². The van der Waals surface area contributed by atoms with Crippen molar-refractivity contribution in [1.29, 1.82) is 0 Å². The fourth-order valence-corrected chi connectivity index (χ4v) is 0.919. The summed E-state index contributed by atoms with van der Waals surface area (Å²) in [6, 6.07) is 6.82. The van der Waals surface area contributed by atoms with Crippen LogP contribution < -0.4 is 0 Å². The Labute approximate surface area is 70.6 Å². The second-order valence-electron chi connectivity index (χ2n) is 2.46. The van der Waals surface area contributed by atoms with Crippen molar-refractivity contribution in [2.24, 2.45) is 0 Å². The molecule has 0 radical (unpaired) electrons. The van der Waals surface area contributed by atoms with E-state index in [0.717, 1.165) is 5.56 Å². The van der Waals surface area contributed by atoms with E-state index in [2.05, 4.69) is 0 Å². The molecule has 0 bridgehead atoms. The number of carbonyl (C=O) groups excluding carboxylic acids is 1. The molecule has 0 amide bonds. The highest BCUT2D eigenvalue weighted by molar-refractivity contribution is 5.87. The molecule has 2 N–H and O–H groups in total. The normalized spacial score (nSPS) is 9.75. The molecule has 0 aliphatic heterocycles. The van der Waals surface area contributed by atoms with E-state index >= 15 is 0 Å². The molecule has 0 heterocycles. The fourth-order valence-electron chi connectivity index (χ4n) is 0.919. The molecule has 0 saturated heterocycles. The third-order valence-electron chi connectivity index (χ3n) is 1.53. The molecular formula is C9H11O3+. The van der Waals surface area contributed by atoms with Gasteiger partial charge in [0.15, 0.2) is 0 Å². The highest BCUT2D eigenvalue weighted by Crippen LogP contribution is 2.04. The summed E-state index contributed by atoms with van der Waals surface area (Å²) < 4.78 is 4.90. The quantitative estimate of drug-likeness (QED) is 0.622. The molecule has 1 aromatic carbocycles. The number of methoxy groups -OCH3 is 1. The van der Waals surface area contributed by atoms with E-state index in [1.54, 1.807) is 31.4 Å². The summed E-state index contributed by atoms with van der Waals surface area (Å²) in [5.74, 6) is -0.654. The largest absolute Gasteiger partial charge is 0.561 e. The van der Waals surface area contributed by atoms with Crippen LogP contribution in [0.25, 0.3) is 0 Å². The van der Waals surface area contributed by atoms with Gasteiger partial charge in [-0.1, -0.05) is 12.1 Å². The van der Waals surface area contributed by atoms with Gasteiger partial charge in [0.2, 0.25) is 0 Å². The summed E-state index contributed by atoms with van der Waals surface area (Å²) in [6.07, 6.45) is 0. The molecule has 0 aromatic heterocycles. The number of carbonyl (C=O) groups is 1. The lowest BCUT2D eigenvalue weighted by Gasteiger charge is -1.97. The van der Waals surface area contributed by atoms with Crippen LogP contribution in [0, 0.1) is 0 Å². The molecule has 0 fully saturated rings. The first-order chi connectivity index (χ1) is 5.74. The monoisotopic (exact) mass is 167 g/mol. The predicted octanol–water partition coefficient (Wildman–Crippen LogP) is 0.698. The van der Waals surface area contributed by atoms with Gasteiger partial charge < -0.3 is 9.84 Å². The minimum Gasteiger partial charge on any atom is -0.561 e. The molecule has 3 heteroatoms. The fraction of sp³-hybridized carbons (Fsp3) is 0.222. The van der Waals surface area contributed by atoms with Gasteiger partial charge in [-0.2, -0.15) is 0 Å². The van der Waals surface area contributed by atoms with Crippen LogP contribution >= 0.6 is 0 Å². The number of rotatable bonds is 3.